The first kappa shape index (κ1) is 13.5. The minimum atomic E-state index is 0.0187. The zero-order chi connectivity index (χ0) is 15.0. The van der Waals surface area contributed by atoms with Crippen molar-refractivity contribution in [3.8, 4) is 11.8 Å². The van der Waals surface area contributed by atoms with E-state index in [2.05, 4.69) is 37.1 Å². The number of nitrogen functional groups attached to an aromatic ring is 1. The monoisotopic (exact) mass is 282 g/mol. The number of aryl methyl sites for hydroxylation is 2. The molecule has 0 saturated carbocycles. The topological polar surface area (TPSA) is 76.9 Å². The average Bonchev–Trinajstić information content (AvgIpc) is 2.67. The van der Waals surface area contributed by atoms with Crippen molar-refractivity contribution >= 4 is 5.82 Å². The van der Waals surface area contributed by atoms with Gasteiger partial charge in [0.1, 0.15) is 23.2 Å². The molecule has 2 aromatic rings. The van der Waals surface area contributed by atoms with Gasteiger partial charge in [-0.05, 0) is 43.9 Å². The number of hydrogen-bond acceptors (Lipinski definition) is 4. The maximum Gasteiger partial charge on any atom is 0.140 e. The van der Waals surface area contributed by atoms with E-state index in [1.807, 2.05) is 0 Å². The van der Waals surface area contributed by atoms with E-state index < -0.39 is 0 Å². The molecule has 1 aromatic heterocycles. The van der Waals surface area contributed by atoms with Gasteiger partial charge in [0.05, 0.1) is 18.8 Å². The lowest BCUT2D eigenvalue weighted by Crippen LogP contribution is -2.15. The van der Waals surface area contributed by atoms with Crippen LogP contribution in [0.15, 0.2) is 18.3 Å². The Balaban J connectivity index is 2.17. The summed E-state index contributed by atoms with van der Waals surface area (Å²) in [5.41, 5.74) is 9.97. The third kappa shape index (κ3) is 2.23. The van der Waals surface area contributed by atoms with Crippen molar-refractivity contribution < 1.29 is 4.74 Å². The maximum atomic E-state index is 9.06. The fourth-order valence-corrected chi connectivity index (χ4v) is 3.04. The third-order valence-electron chi connectivity index (χ3n) is 3.96. The number of anilines is 1. The van der Waals surface area contributed by atoms with E-state index in [4.69, 9.17) is 15.7 Å². The average molecular weight is 282 g/mol. The molecule has 5 nitrogen and oxygen atoms in total. The van der Waals surface area contributed by atoms with Gasteiger partial charge < -0.3 is 10.5 Å². The van der Waals surface area contributed by atoms with E-state index in [9.17, 15) is 0 Å². The number of aromatic nitrogens is 2. The summed E-state index contributed by atoms with van der Waals surface area (Å²) < 4.78 is 7.65. The van der Waals surface area contributed by atoms with Crippen LogP contribution in [0.4, 0.5) is 5.82 Å². The number of benzene rings is 1. The number of ether oxygens (including phenoxy) is 1. The van der Waals surface area contributed by atoms with Crippen LogP contribution >= 0.6 is 0 Å². The second-order valence-corrected chi connectivity index (χ2v) is 5.50. The molecule has 0 fully saturated rings. The van der Waals surface area contributed by atoms with Crippen LogP contribution in [0.2, 0.25) is 0 Å². The van der Waals surface area contributed by atoms with Gasteiger partial charge in [-0.1, -0.05) is 6.07 Å². The number of fused-ring (bicyclic) bond motifs is 1. The van der Waals surface area contributed by atoms with E-state index >= 15 is 0 Å². The number of nitrogens with zero attached hydrogens (tertiary/aromatic N) is 3. The fraction of sp³-hybridized carbons (Fsp3) is 0.375. The van der Waals surface area contributed by atoms with Crippen molar-refractivity contribution in [1.29, 1.82) is 5.26 Å². The highest BCUT2D eigenvalue weighted by atomic mass is 16.5. The zero-order valence-corrected chi connectivity index (χ0v) is 12.3. The zero-order valence-electron chi connectivity index (χ0n) is 12.3. The Kier molecular flexibility index (Phi) is 3.30. The Morgan fingerprint density at radius 3 is 2.95 bits per heavy atom. The third-order valence-corrected chi connectivity index (χ3v) is 3.96. The highest BCUT2D eigenvalue weighted by molar-refractivity contribution is 5.51. The van der Waals surface area contributed by atoms with Crippen LogP contribution in [0.5, 0.6) is 5.75 Å². The van der Waals surface area contributed by atoms with Gasteiger partial charge in [-0.25, -0.2) is 4.68 Å². The first-order valence-corrected chi connectivity index (χ1v) is 7.09. The van der Waals surface area contributed by atoms with Crippen LogP contribution < -0.4 is 10.5 Å². The molecule has 3 rings (SSSR count). The standard InChI is InChI=1S/C16H18N4O/c1-10-6-11(2)15-13(4-3-5-21-14(15)7-10)20-16(18)12(8-17)9-19-20/h6-7,9,13H,3-5,18H2,1-2H3. The molecule has 0 amide bonds. The van der Waals surface area contributed by atoms with E-state index in [0.29, 0.717) is 18.0 Å². The molecule has 0 aliphatic carbocycles. The summed E-state index contributed by atoms with van der Waals surface area (Å²) in [6.45, 7) is 4.84. The van der Waals surface area contributed by atoms with Gasteiger partial charge in [0, 0.05) is 5.56 Å². The number of rotatable bonds is 1. The normalized spacial score (nSPS) is 17.5. The lowest BCUT2D eigenvalue weighted by Gasteiger charge is -2.21. The van der Waals surface area contributed by atoms with Gasteiger partial charge in [-0.15, -0.1) is 0 Å². The van der Waals surface area contributed by atoms with Gasteiger partial charge in [0.25, 0.3) is 0 Å². The Morgan fingerprint density at radius 1 is 1.43 bits per heavy atom. The summed E-state index contributed by atoms with van der Waals surface area (Å²) in [5, 5.41) is 13.4. The molecule has 1 atom stereocenters. The summed E-state index contributed by atoms with van der Waals surface area (Å²) in [6, 6.07) is 6.30. The fourth-order valence-electron chi connectivity index (χ4n) is 3.04. The molecule has 0 radical (unpaired) electrons. The summed E-state index contributed by atoms with van der Waals surface area (Å²) in [5.74, 6) is 1.33. The lowest BCUT2D eigenvalue weighted by atomic mass is 9.95. The summed E-state index contributed by atoms with van der Waals surface area (Å²) in [4.78, 5) is 0. The second kappa shape index (κ2) is 5.13. The highest BCUT2D eigenvalue weighted by Gasteiger charge is 2.26. The molecule has 5 heteroatoms. The molecule has 1 unspecified atom stereocenters. The summed E-state index contributed by atoms with van der Waals surface area (Å²) in [6.07, 6.45) is 3.36. The summed E-state index contributed by atoms with van der Waals surface area (Å²) in [7, 11) is 0. The molecular weight excluding hydrogens is 264 g/mol. The van der Waals surface area contributed by atoms with Gasteiger partial charge in [0.2, 0.25) is 0 Å². The van der Waals surface area contributed by atoms with Gasteiger partial charge in [0.15, 0.2) is 0 Å². The van der Waals surface area contributed by atoms with E-state index in [-0.39, 0.29) is 6.04 Å². The van der Waals surface area contributed by atoms with Crippen LogP contribution in [0.1, 0.15) is 41.1 Å². The molecule has 1 aromatic carbocycles. The van der Waals surface area contributed by atoms with E-state index in [0.717, 1.165) is 24.2 Å². The lowest BCUT2D eigenvalue weighted by molar-refractivity contribution is 0.315. The molecule has 21 heavy (non-hydrogen) atoms. The van der Waals surface area contributed by atoms with E-state index in [1.165, 1.54) is 17.3 Å². The first-order valence-electron chi connectivity index (χ1n) is 7.09. The predicted octanol–water partition coefficient (Wildman–Crippen LogP) is 2.72. The van der Waals surface area contributed by atoms with Crippen molar-refractivity contribution in [2.75, 3.05) is 12.3 Å². The molecule has 0 saturated heterocycles. The minimum Gasteiger partial charge on any atom is -0.493 e. The number of nitrogens with two attached hydrogens (primary N) is 1. The van der Waals surface area contributed by atoms with Gasteiger partial charge in [-0.2, -0.15) is 10.4 Å². The van der Waals surface area contributed by atoms with Gasteiger partial charge in [-0.3, -0.25) is 0 Å². The highest BCUT2D eigenvalue weighted by Crippen LogP contribution is 2.38. The summed E-state index contributed by atoms with van der Waals surface area (Å²) >= 11 is 0. The minimum absolute atomic E-state index is 0.0187. The van der Waals surface area contributed by atoms with Crippen LogP contribution in [-0.4, -0.2) is 16.4 Å². The quantitative estimate of drug-likeness (QED) is 0.872. The number of hydrogen-bond donors (Lipinski definition) is 1. The van der Waals surface area contributed by atoms with Crippen molar-refractivity contribution in [1.82, 2.24) is 9.78 Å². The number of nitriles is 1. The van der Waals surface area contributed by atoms with Crippen molar-refractivity contribution in [3.05, 3.63) is 40.6 Å². The Bertz CT molecular complexity index is 727. The molecule has 2 N–H and O–H groups in total. The Morgan fingerprint density at radius 2 is 2.24 bits per heavy atom. The van der Waals surface area contributed by atoms with Crippen molar-refractivity contribution in [2.45, 2.75) is 32.7 Å². The Labute approximate surface area is 123 Å². The Hall–Kier alpha value is -2.48. The van der Waals surface area contributed by atoms with Crippen LogP contribution in [-0.2, 0) is 0 Å². The molecule has 1 aliphatic heterocycles. The SMILES string of the molecule is Cc1cc(C)c2c(c1)OCCCC2n1ncc(C#N)c1N. The molecule has 0 spiro atoms. The van der Waals surface area contributed by atoms with Crippen molar-refractivity contribution in [3.63, 3.8) is 0 Å². The largest absolute Gasteiger partial charge is 0.493 e. The smallest absolute Gasteiger partial charge is 0.140 e. The molecule has 2 heterocycles. The van der Waals surface area contributed by atoms with Crippen molar-refractivity contribution in [2.24, 2.45) is 0 Å². The van der Waals surface area contributed by atoms with Crippen LogP contribution in [0, 0.1) is 25.2 Å². The molecule has 0 bridgehead atoms. The molecular formula is C16H18N4O. The predicted molar refractivity (Wildman–Crippen MR) is 80.1 cm³/mol. The maximum absolute atomic E-state index is 9.06. The van der Waals surface area contributed by atoms with Crippen LogP contribution in [0.25, 0.3) is 0 Å². The second-order valence-electron chi connectivity index (χ2n) is 5.50. The van der Waals surface area contributed by atoms with Gasteiger partial charge >= 0.3 is 0 Å². The molecule has 1 aliphatic rings. The van der Waals surface area contributed by atoms with Crippen LogP contribution in [0.3, 0.4) is 0 Å². The molecule has 108 valence electrons. The first-order chi connectivity index (χ1) is 10.1. The van der Waals surface area contributed by atoms with E-state index in [1.54, 1.807) is 4.68 Å².